The van der Waals surface area contributed by atoms with Crippen LogP contribution >= 0.6 is 22.9 Å². The van der Waals surface area contributed by atoms with Crippen LogP contribution in [0.3, 0.4) is 0 Å². The van der Waals surface area contributed by atoms with Crippen LogP contribution in [0.25, 0.3) is 17.0 Å². The topological polar surface area (TPSA) is 41.0 Å². The summed E-state index contributed by atoms with van der Waals surface area (Å²) < 4.78 is 0.750. The Kier molecular flexibility index (Phi) is 4.12. The number of hydrogen-bond acceptors (Lipinski definition) is 3. The zero-order chi connectivity index (χ0) is 13.0. The third-order valence-corrected chi connectivity index (χ3v) is 3.40. The van der Waals surface area contributed by atoms with Crippen molar-refractivity contribution in [2.45, 2.75) is 6.92 Å². The van der Waals surface area contributed by atoms with Gasteiger partial charge in [0.1, 0.15) is 5.82 Å². The average Bonchev–Trinajstić information content (AvgIpc) is 2.97. The van der Waals surface area contributed by atoms with Crippen molar-refractivity contribution in [1.82, 2.24) is 9.97 Å². The van der Waals surface area contributed by atoms with Gasteiger partial charge in [-0.1, -0.05) is 23.8 Å². The maximum Gasteiger partial charge on any atom is 0.138 e. The number of allylic oxidation sites excluding steroid dienone is 3. The summed E-state index contributed by atoms with van der Waals surface area (Å²) in [4.78, 5) is 11.4. The van der Waals surface area contributed by atoms with Gasteiger partial charge in [0.15, 0.2) is 0 Å². The summed E-state index contributed by atoms with van der Waals surface area (Å²) in [7, 11) is 0. The van der Waals surface area contributed by atoms with Gasteiger partial charge in [-0.25, -0.2) is 4.98 Å². The molecule has 1 N–H and O–H groups in total. The van der Waals surface area contributed by atoms with E-state index < -0.39 is 0 Å². The Morgan fingerprint density at radius 3 is 3.06 bits per heavy atom. The van der Waals surface area contributed by atoms with Gasteiger partial charge in [-0.3, -0.25) is 4.99 Å². The fraction of sp³-hybridized carbons (Fsp3) is 0.0769. The first-order valence-corrected chi connectivity index (χ1v) is 6.59. The van der Waals surface area contributed by atoms with Gasteiger partial charge in [0.05, 0.1) is 16.2 Å². The Labute approximate surface area is 115 Å². The molecule has 3 nitrogen and oxygen atoms in total. The van der Waals surface area contributed by atoms with Gasteiger partial charge in [-0.05, 0) is 19.7 Å². The average molecular weight is 278 g/mol. The van der Waals surface area contributed by atoms with Crippen molar-refractivity contribution in [2.75, 3.05) is 0 Å². The lowest BCUT2D eigenvalue weighted by molar-refractivity contribution is 1.30. The third kappa shape index (κ3) is 2.78. The molecule has 18 heavy (non-hydrogen) atoms. The smallest absolute Gasteiger partial charge is 0.138 e. The summed E-state index contributed by atoms with van der Waals surface area (Å²) in [5, 5.41) is 1.97. The van der Waals surface area contributed by atoms with E-state index in [4.69, 9.17) is 11.6 Å². The largest absolute Gasteiger partial charge is 0.338 e. The number of nitrogens with zero attached hydrogens (tertiary/aromatic N) is 2. The monoisotopic (exact) mass is 277 g/mol. The first-order valence-electron chi connectivity index (χ1n) is 5.33. The summed E-state index contributed by atoms with van der Waals surface area (Å²) in [6.07, 6.45) is 7.36. The van der Waals surface area contributed by atoms with E-state index in [-0.39, 0.29) is 0 Å². The predicted octanol–water partition coefficient (Wildman–Crippen LogP) is 4.41. The number of imidazole rings is 1. The number of thiophene rings is 1. The minimum atomic E-state index is 0.750. The van der Waals surface area contributed by atoms with E-state index in [1.54, 1.807) is 12.4 Å². The lowest BCUT2D eigenvalue weighted by Gasteiger charge is -1.96. The number of nitrogens with one attached hydrogen (secondary N) is 1. The van der Waals surface area contributed by atoms with Gasteiger partial charge in [0.25, 0.3) is 0 Å². The fourth-order valence-electron chi connectivity index (χ4n) is 1.53. The molecule has 0 aliphatic heterocycles. The molecular formula is C13H12ClN3S. The Morgan fingerprint density at radius 2 is 2.44 bits per heavy atom. The highest BCUT2D eigenvalue weighted by atomic mass is 35.5. The zero-order valence-electron chi connectivity index (χ0n) is 9.85. The molecule has 0 spiro atoms. The molecule has 0 fully saturated rings. The van der Waals surface area contributed by atoms with Crippen LogP contribution in [0.4, 0.5) is 0 Å². The first kappa shape index (κ1) is 12.8. The van der Waals surface area contributed by atoms with Crippen molar-refractivity contribution in [1.29, 1.82) is 0 Å². The molecule has 0 aliphatic rings. The summed E-state index contributed by atoms with van der Waals surface area (Å²) >= 11 is 7.40. The molecule has 2 heterocycles. The highest BCUT2D eigenvalue weighted by Crippen LogP contribution is 2.27. The Bertz CT molecular complexity index is 607. The second-order valence-corrected chi connectivity index (χ2v) is 5.09. The quantitative estimate of drug-likeness (QED) is 0.653. The fourth-order valence-corrected chi connectivity index (χ4v) is 2.39. The van der Waals surface area contributed by atoms with Crippen molar-refractivity contribution in [3.05, 3.63) is 46.0 Å². The van der Waals surface area contributed by atoms with Crippen molar-refractivity contribution in [3.8, 4) is 11.4 Å². The molecule has 92 valence electrons. The Hall–Kier alpha value is -1.65. The van der Waals surface area contributed by atoms with E-state index >= 15 is 0 Å². The maximum absolute atomic E-state index is 5.91. The van der Waals surface area contributed by atoms with Crippen LogP contribution in [0.1, 0.15) is 12.6 Å². The molecule has 5 heteroatoms. The molecular weight excluding hydrogens is 266 g/mol. The SMILES string of the molecule is C=N/C=C(\C=C/C)c1cnc(-c2csc(Cl)c2)[nH]1. The summed E-state index contributed by atoms with van der Waals surface area (Å²) in [5.41, 5.74) is 2.83. The third-order valence-electron chi connectivity index (χ3n) is 2.30. The molecule has 0 saturated carbocycles. The summed E-state index contributed by atoms with van der Waals surface area (Å²) in [6.45, 7) is 5.42. The second kappa shape index (κ2) is 5.80. The van der Waals surface area contributed by atoms with E-state index in [0.29, 0.717) is 0 Å². The van der Waals surface area contributed by atoms with Crippen LogP contribution in [-0.2, 0) is 0 Å². The van der Waals surface area contributed by atoms with Gasteiger partial charge >= 0.3 is 0 Å². The normalized spacial score (nSPS) is 12.2. The minimum Gasteiger partial charge on any atom is -0.338 e. The standard InChI is InChI=1S/C13H12ClN3S/c1-3-4-9(6-15-2)11-7-16-13(17-11)10-5-12(14)18-8-10/h3-8H,2H2,1H3,(H,16,17)/b4-3-,9-6+. The molecule has 0 unspecified atom stereocenters. The number of aromatic amines is 1. The lowest BCUT2D eigenvalue weighted by atomic mass is 10.2. The van der Waals surface area contributed by atoms with Crippen LogP contribution in [0.15, 0.2) is 41.0 Å². The first-order chi connectivity index (χ1) is 8.74. The van der Waals surface area contributed by atoms with Crippen molar-refractivity contribution in [2.24, 2.45) is 4.99 Å². The molecule has 0 atom stereocenters. The van der Waals surface area contributed by atoms with Gasteiger partial charge in [0.2, 0.25) is 0 Å². The van der Waals surface area contributed by atoms with Gasteiger partial charge in [0, 0.05) is 22.7 Å². The number of hydrogen-bond donors (Lipinski definition) is 1. The Morgan fingerprint density at radius 1 is 1.61 bits per heavy atom. The zero-order valence-corrected chi connectivity index (χ0v) is 11.4. The molecule has 0 aliphatic carbocycles. The van der Waals surface area contributed by atoms with E-state index in [1.165, 1.54) is 11.3 Å². The van der Waals surface area contributed by atoms with E-state index in [2.05, 4.69) is 21.7 Å². The number of halogens is 1. The number of H-pyrrole nitrogens is 1. The number of rotatable bonds is 4. The Balaban J connectivity index is 2.35. The molecule has 0 amide bonds. The maximum atomic E-state index is 5.91. The van der Waals surface area contributed by atoms with Gasteiger partial charge in [-0.15, -0.1) is 11.3 Å². The van der Waals surface area contributed by atoms with Crippen LogP contribution in [-0.4, -0.2) is 16.7 Å². The molecule has 2 rings (SSSR count). The van der Waals surface area contributed by atoms with Crippen molar-refractivity contribution >= 4 is 35.2 Å². The molecule has 0 bridgehead atoms. The van der Waals surface area contributed by atoms with E-state index in [9.17, 15) is 0 Å². The number of aliphatic imine (C=N–C) groups is 1. The number of aromatic nitrogens is 2. The van der Waals surface area contributed by atoms with Gasteiger partial charge < -0.3 is 4.98 Å². The van der Waals surface area contributed by atoms with Crippen LogP contribution in [0.2, 0.25) is 4.34 Å². The van der Waals surface area contributed by atoms with Crippen LogP contribution < -0.4 is 0 Å². The lowest BCUT2D eigenvalue weighted by Crippen LogP contribution is -1.81. The van der Waals surface area contributed by atoms with E-state index in [1.807, 2.05) is 30.5 Å². The van der Waals surface area contributed by atoms with Crippen LogP contribution in [0.5, 0.6) is 0 Å². The highest BCUT2D eigenvalue weighted by molar-refractivity contribution is 7.14. The molecule has 0 saturated heterocycles. The van der Waals surface area contributed by atoms with Crippen molar-refractivity contribution in [3.63, 3.8) is 0 Å². The predicted molar refractivity (Wildman–Crippen MR) is 79.3 cm³/mol. The van der Waals surface area contributed by atoms with Crippen molar-refractivity contribution < 1.29 is 0 Å². The highest BCUT2D eigenvalue weighted by Gasteiger charge is 2.07. The molecule has 2 aromatic heterocycles. The summed E-state index contributed by atoms with van der Waals surface area (Å²) in [5.74, 6) is 0.799. The van der Waals surface area contributed by atoms with E-state index in [0.717, 1.165) is 27.0 Å². The molecule has 2 aromatic rings. The van der Waals surface area contributed by atoms with Crippen LogP contribution in [0, 0.1) is 0 Å². The second-order valence-electron chi connectivity index (χ2n) is 3.55. The van der Waals surface area contributed by atoms with Gasteiger partial charge in [-0.2, -0.15) is 0 Å². The summed E-state index contributed by atoms with van der Waals surface area (Å²) in [6, 6.07) is 1.89. The molecule has 0 radical (unpaired) electrons. The minimum absolute atomic E-state index is 0.750. The molecule has 0 aromatic carbocycles.